The maximum absolute atomic E-state index is 11.7. The molecular formula is C35H64O7. The molecule has 0 saturated carbocycles. The number of hydrogen-bond donors (Lipinski definition) is 4. The van der Waals surface area contributed by atoms with Gasteiger partial charge in [0.05, 0.1) is 36.6 Å². The number of aliphatic hydroxyl groups is 4. The first kappa shape index (κ1) is 37.2. The molecular weight excluding hydrogens is 532 g/mol. The van der Waals surface area contributed by atoms with Gasteiger partial charge in [0.1, 0.15) is 6.10 Å². The number of carbonyl (C=O) groups excluding carboxylic acids is 1. The van der Waals surface area contributed by atoms with Gasteiger partial charge in [0.2, 0.25) is 0 Å². The first-order chi connectivity index (χ1) is 20.3. The maximum Gasteiger partial charge on any atom is 0.334 e. The summed E-state index contributed by atoms with van der Waals surface area (Å²) >= 11 is 0. The van der Waals surface area contributed by atoms with E-state index in [9.17, 15) is 25.2 Å². The van der Waals surface area contributed by atoms with E-state index < -0.39 is 18.3 Å². The number of hydrogen-bond acceptors (Lipinski definition) is 7. The van der Waals surface area contributed by atoms with Crippen LogP contribution in [0, 0.1) is 0 Å². The summed E-state index contributed by atoms with van der Waals surface area (Å²) in [5.41, 5.74) is 0.553. The van der Waals surface area contributed by atoms with Crippen LogP contribution in [0.4, 0.5) is 0 Å². The van der Waals surface area contributed by atoms with Gasteiger partial charge >= 0.3 is 5.97 Å². The first-order valence-electron chi connectivity index (χ1n) is 17.6. The highest BCUT2D eigenvalue weighted by Gasteiger charge is 2.34. The van der Waals surface area contributed by atoms with Crippen LogP contribution in [0.1, 0.15) is 162 Å². The zero-order valence-electron chi connectivity index (χ0n) is 26.9. The molecule has 0 aromatic rings. The molecule has 0 amide bonds. The lowest BCUT2D eigenvalue weighted by atomic mass is 9.99. The van der Waals surface area contributed by atoms with Crippen LogP contribution in [0.15, 0.2) is 11.6 Å². The lowest BCUT2D eigenvalue weighted by Crippen LogP contribution is -2.31. The predicted molar refractivity (Wildman–Crippen MR) is 168 cm³/mol. The zero-order chi connectivity index (χ0) is 30.6. The van der Waals surface area contributed by atoms with E-state index in [4.69, 9.17) is 9.47 Å². The zero-order valence-corrected chi connectivity index (χ0v) is 26.9. The van der Waals surface area contributed by atoms with Gasteiger partial charge in [0, 0.05) is 12.0 Å². The molecule has 1 saturated heterocycles. The summed E-state index contributed by atoms with van der Waals surface area (Å²) in [5, 5.41) is 41.7. The molecule has 7 atom stereocenters. The molecule has 0 aromatic heterocycles. The number of cyclic esters (lactones) is 1. The molecule has 7 nitrogen and oxygen atoms in total. The second-order valence-corrected chi connectivity index (χ2v) is 13.1. The highest BCUT2D eigenvalue weighted by Crippen LogP contribution is 2.28. The smallest absolute Gasteiger partial charge is 0.334 e. The Bertz CT molecular complexity index is 726. The Morgan fingerprint density at radius 2 is 1.12 bits per heavy atom. The van der Waals surface area contributed by atoms with Crippen LogP contribution in [-0.2, 0) is 14.3 Å². The van der Waals surface area contributed by atoms with Gasteiger partial charge < -0.3 is 29.9 Å². The molecule has 2 aliphatic heterocycles. The number of esters is 1. The average molecular weight is 597 g/mol. The Labute approximate surface area is 256 Å². The topological polar surface area (TPSA) is 116 Å². The van der Waals surface area contributed by atoms with Crippen molar-refractivity contribution < 1.29 is 34.7 Å². The van der Waals surface area contributed by atoms with Gasteiger partial charge in [-0.3, -0.25) is 0 Å². The third kappa shape index (κ3) is 16.2. The summed E-state index contributed by atoms with van der Waals surface area (Å²) in [5.74, 6) is -0.331. The standard InChI is InChI=1S/C35H64O7/c1-3-4-5-6-7-8-9-10-11-15-21-31(38)33-23-24-34(42-33)32(39)22-16-13-12-14-18-29(36)19-17-20-30(37)26-28-25-27(2)41-35(28)40/h25,27,29-34,36-39H,3-24,26H2,1-2H3/t27-,29?,30+,31+,32+,33+,34+/m0/s1. The van der Waals surface area contributed by atoms with Crippen LogP contribution in [0.25, 0.3) is 0 Å². The van der Waals surface area contributed by atoms with Crippen molar-refractivity contribution in [2.75, 3.05) is 0 Å². The number of ether oxygens (including phenoxy) is 2. The third-order valence-electron chi connectivity index (χ3n) is 9.11. The summed E-state index contributed by atoms with van der Waals surface area (Å²) < 4.78 is 11.1. The van der Waals surface area contributed by atoms with Gasteiger partial charge in [0.15, 0.2) is 0 Å². The van der Waals surface area contributed by atoms with Crippen LogP contribution in [0.2, 0.25) is 0 Å². The van der Waals surface area contributed by atoms with Gasteiger partial charge in [-0.2, -0.15) is 0 Å². The number of aliphatic hydroxyl groups excluding tert-OH is 4. The van der Waals surface area contributed by atoms with Crippen molar-refractivity contribution in [3.05, 3.63) is 11.6 Å². The van der Waals surface area contributed by atoms with Gasteiger partial charge in [-0.25, -0.2) is 4.79 Å². The minimum atomic E-state index is -0.584. The Morgan fingerprint density at radius 1 is 0.667 bits per heavy atom. The molecule has 4 N–H and O–H groups in total. The van der Waals surface area contributed by atoms with Gasteiger partial charge in [-0.1, -0.05) is 96.8 Å². The fourth-order valence-electron chi connectivity index (χ4n) is 6.43. The molecule has 0 aromatic carbocycles. The minimum Gasteiger partial charge on any atom is -0.455 e. The van der Waals surface area contributed by atoms with Crippen molar-refractivity contribution in [3.8, 4) is 0 Å². The minimum absolute atomic E-state index is 0.134. The SMILES string of the molecule is CCCCCCCCCCCC[C@@H](O)[C@H]1CC[C@H]([C@H](O)CCCCCCC(O)CCC[C@@H](O)CC2=C[C@H](C)OC2=O)O1. The Kier molecular flexibility index (Phi) is 19.9. The number of rotatable bonds is 26. The molecule has 2 heterocycles. The highest BCUT2D eigenvalue weighted by molar-refractivity contribution is 5.90. The van der Waals surface area contributed by atoms with Crippen LogP contribution in [-0.4, -0.2) is 69.1 Å². The maximum atomic E-state index is 11.7. The van der Waals surface area contributed by atoms with E-state index in [0.717, 1.165) is 70.6 Å². The Hall–Kier alpha value is -0.990. The van der Waals surface area contributed by atoms with Crippen LogP contribution in [0.3, 0.4) is 0 Å². The summed E-state index contributed by atoms with van der Waals surface area (Å²) in [7, 11) is 0. The lowest BCUT2D eigenvalue weighted by Gasteiger charge is -2.22. The molecule has 1 fully saturated rings. The van der Waals surface area contributed by atoms with Gasteiger partial charge in [-0.05, 0) is 64.4 Å². The van der Waals surface area contributed by atoms with Crippen molar-refractivity contribution >= 4 is 5.97 Å². The van der Waals surface area contributed by atoms with Crippen molar-refractivity contribution in [1.82, 2.24) is 0 Å². The fraction of sp³-hybridized carbons (Fsp3) is 0.914. The van der Waals surface area contributed by atoms with Gasteiger partial charge in [-0.15, -0.1) is 0 Å². The van der Waals surface area contributed by atoms with E-state index in [1.807, 2.05) is 0 Å². The number of unbranched alkanes of at least 4 members (excludes halogenated alkanes) is 12. The molecule has 2 aliphatic rings. The predicted octanol–water partition coefficient (Wildman–Crippen LogP) is 7.06. The Morgan fingerprint density at radius 3 is 1.62 bits per heavy atom. The summed E-state index contributed by atoms with van der Waals surface area (Å²) in [6.45, 7) is 4.06. The molecule has 0 bridgehead atoms. The van der Waals surface area contributed by atoms with Crippen molar-refractivity contribution in [3.63, 3.8) is 0 Å². The molecule has 0 spiro atoms. The second kappa shape index (κ2) is 22.5. The van der Waals surface area contributed by atoms with Crippen molar-refractivity contribution in [1.29, 1.82) is 0 Å². The second-order valence-electron chi connectivity index (χ2n) is 13.1. The van der Waals surface area contributed by atoms with E-state index >= 15 is 0 Å². The first-order valence-corrected chi connectivity index (χ1v) is 17.6. The van der Waals surface area contributed by atoms with E-state index in [2.05, 4.69) is 6.92 Å². The molecule has 7 heteroatoms. The van der Waals surface area contributed by atoms with Crippen molar-refractivity contribution in [2.45, 2.75) is 204 Å². The summed E-state index contributed by atoms with van der Waals surface area (Å²) in [4.78, 5) is 11.7. The lowest BCUT2D eigenvalue weighted by molar-refractivity contribution is -0.139. The highest BCUT2D eigenvalue weighted by atomic mass is 16.5. The largest absolute Gasteiger partial charge is 0.455 e. The number of carbonyl (C=O) groups is 1. The molecule has 0 aliphatic carbocycles. The van der Waals surface area contributed by atoms with Gasteiger partial charge in [0.25, 0.3) is 0 Å². The third-order valence-corrected chi connectivity index (χ3v) is 9.11. The fourth-order valence-corrected chi connectivity index (χ4v) is 6.43. The van der Waals surface area contributed by atoms with E-state index in [-0.39, 0.29) is 30.4 Å². The normalized spacial score (nSPS) is 23.5. The summed E-state index contributed by atoms with van der Waals surface area (Å²) in [6.07, 6.45) is 22.4. The molecule has 1 unspecified atom stereocenters. The average Bonchev–Trinajstić information content (AvgIpc) is 3.57. The summed E-state index contributed by atoms with van der Waals surface area (Å²) in [6, 6.07) is 0. The Balaban J connectivity index is 1.41. The van der Waals surface area contributed by atoms with E-state index in [1.165, 1.54) is 57.8 Å². The van der Waals surface area contributed by atoms with Crippen LogP contribution < -0.4 is 0 Å². The quantitative estimate of drug-likeness (QED) is 0.0624. The van der Waals surface area contributed by atoms with Crippen molar-refractivity contribution in [2.24, 2.45) is 0 Å². The molecule has 42 heavy (non-hydrogen) atoms. The molecule has 246 valence electrons. The van der Waals surface area contributed by atoms with E-state index in [0.29, 0.717) is 24.8 Å². The molecule has 2 rings (SSSR count). The molecule has 0 radical (unpaired) electrons. The van der Waals surface area contributed by atoms with E-state index in [1.54, 1.807) is 13.0 Å². The monoisotopic (exact) mass is 596 g/mol. The van der Waals surface area contributed by atoms with Crippen LogP contribution >= 0.6 is 0 Å². The van der Waals surface area contributed by atoms with Crippen LogP contribution in [0.5, 0.6) is 0 Å².